The molecule has 1 atom stereocenters. The van der Waals surface area contributed by atoms with E-state index in [1.165, 1.54) is 19.3 Å². The lowest BCUT2D eigenvalue weighted by atomic mass is 10.1. The molecule has 0 aromatic rings. The molecular weight excluding hydrogens is 228 g/mol. The second-order valence-electron chi connectivity index (χ2n) is 5.38. The van der Waals surface area contributed by atoms with Crippen LogP contribution >= 0.6 is 0 Å². The van der Waals surface area contributed by atoms with Gasteiger partial charge in [-0.15, -0.1) is 0 Å². The van der Waals surface area contributed by atoms with Gasteiger partial charge in [0.2, 0.25) is 11.8 Å². The largest absolute Gasteiger partial charge is 0.340 e. The molecule has 0 bridgehead atoms. The van der Waals surface area contributed by atoms with Crippen LogP contribution in [0.1, 0.15) is 51.9 Å². The first-order valence-corrected chi connectivity index (χ1v) is 7.32. The van der Waals surface area contributed by atoms with Crippen molar-refractivity contribution in [1.29, 1.82) is 0 Å². The van der Waals surface area contributed by atoms with Gasteiger partial charge in [0.15, 0.2) is 0 Å². The summed E-state index contributed by atoms with van der Waals surface area (Å²) in [6.45, 7) is 4.41. The first-order valence-electron chi connectivity index (χ1n) is 7.32. The normalized spacial score (nSPS) is 24.4. The van der Waals surface area contributed by atoms with Gasteiger partial charge in [-0.3, -0.25) is 9.59 Å². The van der Waals surface area contributed by atoms with Crippen molar-refractivity contribution in [2.45, 2.75) is 57.9 Å². The summed E-state index contributed by atoms with van der Waals surface area (Å²) in [5, 5.41) is 0. The van der Waals surface area contributed by atoms with Gasteiger partial charge in [-0.2, -0.15) is 0 Å². The fraction of sp³-hybridized carbons (Fsp3) is 0.857. The van der Waals surface area contributed by atoms with E-state index in [-0.39, 0.29) is 17.9 Å². The number of hydrogen-bond acceptors (Lipinski definition) is 2. The number of fused-ring (bicyclic) bond motifs is 1. The average Bonchev–Trinajstić information content (AvgIpc) is 2.82. The fourth-order valence-electron chi connectivity index (χ4n) is 2.97. The third-order valence-electron chi connectivity index (χ3n) is 4.05. The summed E-state index contributed by atoms with van der Waals surface area (Å²) >= 11 is 0. The van der Waals surface area contributed by atoms with E-state index in [9.17, 15) is 9.59 Å². The molecule has 2 fully saturated rings. The van der Waals surface area contributed by atoms with Gasteiger partial charge in [-0.25, -0.2) is 0 Å². The number of rotatable bonds is 5. The van der Waals surface area contributed by atoms with Crippen molar-refractivity contribution in [3.8, 4) is 0 Å². The van der Waals surface area contributed by atoms with Crippen LogP contribution in [-0.2, 0) is 9.59 Å². The van der Waals surface area contributed by atoms with Crippen molar-refractivity contribution < 1.29 is 9.59 Å². The maximum atomic E-state index is 12.4. The van der Waals surface area contributed by atoms with Gasteiger partial charge < -0.3 is 9.80 Å². The molecule has 0 spiro atoms. The highest BCUT2D eigenvalue weighted by atomic mass is 16.2. The van der Waals surface area contributed by atoms with Gasteiger partial charge in [0, 0.05) is 26.1 Å². The highest BCUT2D eigenvalue weighted by Gasteiger charge is 2.38. The first-order chi connectivity index (χ1) is 8.74. The predicted molar refractivity (Wildman–Crippen MR) is 70.1 cm³/mol. The van der Waals surface area contributed by atoms with Crippen LogP contribution in [0.5, 0.6) is 0 Å². The Kier molecular flexibility index (Phi) is 4.61. The minimum Gasteiger partial charge on any atom is -0.340 e. The molecule has 0 aliphatic carbocycles. The Bertz CT molecular complexity index is 317. The number of nitrogens with zero attached hydrogens (tertiary/aromatic N) is 2. The van der Waals surface area contributed by atoms with Crippen LogP contribution in [0, 0.1) is 0 Å². The summed E-state index contributed by atoms with van der Waals surface area (Å²) in [6, 6.07) is -0.147. The van der Waals surface area contributed by atoms with Gasteiger partial charge in [0.25, 0.3) is 0 Å². The van der Waals surface area contributed by atoms with Crippen molar-refractivity contribution in [3.63, 3.8) is 0 Å². The van der Waals surface area contributed by atoms with Gasteiger partial charge in [-0.05, 0) is 19.3 Å². The van der Waals surface area contributed by atoms with Gasteiger partial charge in [-0.1, -0.05) is 26.2 Å². The van der Waals surface area contributed by atoms with E-state index in [2.05, 4.69) is 6.92 Å². The predicted octanol–water partition coefficient (Wildman–Crippen LogP) is 1.79. The van der Waals surface area contributed by atoms with Gasteiger partial charge in [0.1, 0.15) is 6.04 Å². The summed E-state index contributed by atoms with van der Waals surface area (Å²) < 4.78 is 0. The van der Waals surface area contributed by atoms with E-state index >= 15 is 0 Å². The van der Waals surface area contributed by atoms with E-state index in [1.807, 2.05) is 4.90 Å². The van der Waals surface area contributed by atoms with Crippen LogP contribution in [0.25, 0.3) is 0 Å². The van der Waals surface area contributed by atoms with E-state index in [1.54, 1.807) is 4.90 Å². The highest BCUT2D eigenvalue weighted by molar-refractivity contribution is 5.90. The molecule has 0 saturated carbocycles. The molecule has 102 valence electrons. The van der Waals surface area contributed by atoms with Crippen LogP contribution in [0.15, 0.2) is 0 Å². The summed E-state index contributed by atoms with van der Waals surface area (Å²) in [5.74, 6) is 0.358. The molecule has 0 radical (unpaired) electrons. The van der Waals surface area contributed by atoms with Crippen LogP contribution < -0.4 is 0 Å². The lowest BCUT2D eigenvalue weighted by molar-refractivity contribution is -0.139. The smallest absolute Gasteiger partial charge is 0.245 e. The lowest BCUT2D eigenvalue weighted by Gasteiger charge is -2.25. The Morgan fingerprint density at radius 2 is 2.00 bits per heavy atom. The molecule has 2 amide bonds. The molecule has 2 heterocycles. The van der Waals surface area contributed by atoms with Crippen molar-refractivity contribution in [2.24, 2.45) is 0 Å². The minimum absolute atomic E-state index is 0.147. The summed E-state index contributed by atoms with van der Waals surface area (Å²) in [6.07, 6.45) is 7.04. The zero-order valence-electron chi connectivity index (χ0n) is 11.4. The highest BCUT2D eigenvalue weighted by Crippen LogP contribution is 2.23. The molecule has 0 N–H and O–H groups in total. The molecule has 2 saturated heterocycles. The Hall–Kier alpha value is -1.06. The maximum Gasteiger partial charge on any atom is 0.245 e. The van der Waals surface area contributed by atoms with Crippen molar-refractivity contribution in [1.82, 2.24) is 9.80 Å². The van der Waals surface area contributed by atoms with Crippen LogP contribution in [0.4, 0.5) is 0 Å². The molecule has 0 aromatic heterocycles. The number of carbonyl (C=O) groups is 2. The summed E-state index contributed by atoms with van der Waals surface area (Å²) in [5.41, 5.74) is 0. The fourth-order valence-corrected chi connectivity index (χ4v) is 2.97. The van der Waals surface area contributed by atoms with E-state index < -0.39 is 0 Å². The number of unbranched alkanes of at least 4 members (excludes halogenated alkanes) is 3. The standard InChI is InChI=1S/C14H24N2O2/c1-2-3-4-5-9-15-11-8-13(17)16-10-6-7-12(16)14(15)18/h12H,2-11H2,1H3. The molecule has 2 rings (SSSR count). The minimum atomic E-state index is -0.147. The molecule has 1 unspecified atom stereocenters. The number of hydrogen-bond donors (Lipinski definition) is 0. The second kappa shape index (κ2) is 6.21. The quantitative estimate of drug-likeness (QED) is 0.700. The molecule has 0 aromatic carbocycles. The van der Waals surface area contributed by atoms with E-state index in [0.29, 0.717) is 13.0 Å². The maximum absolute atomic E-state index is 12.4. The Balaban J connectivity index is 1.91. The lowest BCUT2D eigenvalue weighted by Crippen LogP contribution is -2.43. The topological polar surface area (TPSA) is 40.6 Å². The molecular formula is C14H24N2O2. The van der Waals surface area contributed by atoms with Crippen molar-refractivity contribution in [2.75, 3.05) is 19.6 Å². The molecule has 2 aliphatic rings. The first kappa shape index (κ1) is 13.4. The third kappa shape index (κ3) is 2.85. The molecule has 4 nitrogen and oxygen atoms in total. The molecule has 18 heavy (non-hydrogen) atoms. The second-order valence-corrected chi connectivity index (χ2v) is 5.38. The van der Waals surface area contributed by atoms with Gasteiger partial charge >= 0.3 is 0 Å². The Morgan fingerprint density at radius 3 is 2.78 bits per heavy atom. The Morgan fingerprint density at radius 1 is 1.17 bits per heavy atom. The van der Waals surface area contributed by atoms with E-state index in [4.69, 9.17) is 0 Å². The van der Waals surface area contributed by atoms with Crippen LogP contribution in [0.2, 0.25) is 0 Å². The van der Waals surface area contributed by atoms with Crippen molar-refractivity contribution in [3.05, 3.63) is 0 Å². The van der Waals surface area contributed by atoms with Crippen LogP contribution in [0.3, 0.4) is 0 Å². The number of carbonyl (C=O) groups excluding carboxylic acids is 2. The summed E-state index contributed by atoms with van der Waals surface area (Å²) in [7, 11) is 0. The summed E-state index contributed by atoms with van der Waals surface area (Å²) in [4.78, 5) is 28.0. The SMILES string of the molecule is CCCCCCN1CCC(=O)N2CCCC2C1=O. The molecule has 4 heteroatoms. The zero-order chi connectivity index (χ0) is 13.0. The number of amides is 2. The van der Waals surface area contributed by atoms with Crippen molar-refractivity contribution >= 4 is 11.8 Å². The average molecular weight is 252 g/mol. The zero-order valence-corrected chi connectivity index (χ0v) is 11.4. The van der Waals surface area contributed by atoms with Crippen LogP contribution in [-0.4, -0.2) is 47.3 Å². The van der Waals surface area contributed by atoms with Gasteiger partial charge in [0.05, 0.1) is 0 Å². The molecule has 2 aliphatic heterocycles. The Labute approximate surface area is 109 Å². The third-order valence-corrected chi connectivity index (χ3v) is 4.05. The monoisotopic (exact) mass is 252 g/mol. The van der Waals surface area contributed by atoms with E-state index in [0.717, 1.165) is 32.4 Å².